The zero-order valence-corrected chi connectivity index (χ0v) is 13.9. The average Bonchev–Trinajstić information content (AvgIpc) is 2.42. The molecule has 0 spiro atoms. The lowest BCUT2D eigenvalue weighted by Gasteiger charge is -2.11. The number of aromatic nitrogens is 3. The van der Waals surface area contributed by atoms with Crippen molar-refractivity contribution in [3.63, 3.8) is 0 Å². The van der Waals surface area contributed by atoms with Gasteiger partial charge in [0.15, 0.2) is 5.82 Å². The Kier molecular flexibility index (Phi) is 4.87. The van der Waals surface area contributed by atoms with Gasteiger partial charge in [-0.15, -0.1) is 0 Å². The average molecular weight is 386 g/mol. The zero-order valence-electron chi connectivity index (χ0n) is 10.7. The molecule has 1 N–H and O–H groups in total. The number of nitrogens with one attached hydrogen (secondary N) is 1. The maximum Gasteiger partial charge on any atom is 0.181 e. The van der Waals surface area contributed by atoms with Gasteiger partial charge in [-0.3, -0.25) is 4.98 Å². The third-order valence-corrected chi connectivity index (χ3v) is 4.04. The Morgan fingerprint density at radius 1 is 1.21 bits per heavy atom. The fourth-order valence-corrected chi connectivity index (χ4v) is 2.70. The number of anilines is 1. The van der Waals surface area contributed by atoms with Crippen LogP contribution < -0.4 is 5.32 Å². The second-order valence-electron chi connectivity index (χ2n) is 3.87. The Bertz CT molecular complexity index is 587. The molecule has 2 rings (SSSR count). The maximum absolute atomic E-state index is 4.57. The SMILES string of the molecule is CCNc1nc(-c2ncccc2Br)nc(CC)c1Br. The molecule has 19 heavy (non-hydrogen) atoms. The quantitative estimate of drug-likeness (QED) is 0.862. The first-order chi connectivity index (χ1) is 9.17. The molecule has 0 aliphatic rings. The minimum absolute atomic E-state index is 0.628. The van der Waals surface area contributed by atoms with Crippen LogP contribution in [-0.4, -0.2) is 21.5 Å². The van der Waals surface area contributed by atoms with Crippen molar-refractivity contribution in [1.29, 1.82) is 0 Å². The highest BCUT2D eigenvalue weighted by Gasteiger charge is 2.14. The summed E-state index contributed by atoms with van der Waals surface area (Å²) in [4.78, 5) is 13.5. The van der Waals surface area contributed by atoms with Crippen LogP contribution >= 0.6 is 31.9 Å². The van der Waals surface area contributed by atoms with Crippen molar-refractivity contribution in [2.24, 2.45) is 0 Å². The van der Waals surface area contributed by atoms with E-state index in [1.54, 1.807) is 6.20 Å². The van der Waals surface area contributed by atoms with E-state index in [1.165, 1.54) is 0 Å². The van der Waals surface area contributed by atoms with E-state index in [1.807, 2.05) is 19.1 Å². The van der Waals surface area contributed by atoms with Crippen molar-refractivity contribution in [2.45, 2.75) is 20.3 Å². The summed E-state index contributed by atoms with van der Waals surface area (Å²) in [5.74, 6) is 1.44. The number of halogens is 2. The van der Waals surface area contributed by atoms with Crippen LogP contribution in [0, 0.1) is 0 Å². The molecule has 4 nitrogen and oxygen atoms in total. The number of rotatable bonds is 4. The molecule has 0 radical (unpaired) electrons. The van der Waals surface area contributed by atoms with Crippen molar-refractivity contribution in [1.82, 2.24) is 15.0 Å². The van der Waals surface area contributed by atoms with Gasteiger partial charge in [-0.1, -0.05) is 6.92 Å². The number of hydrogen-bond acceptors (Lipinski definition) is 4. The molecular formula is C13H14Br2N4. The lowest BCUT2D eigenvalue weighted by molar-refractivity contribution is 0.976. The molecule has 0 aliphatic heterocycles. The molecule has 0 bridgehead atoms. The van der Waals surface area contributed by atoms with E-state index in [4.69, 9.17) is 0 Å². The molecule has 2 aromatic rings. The Morgan fingerprint density at radius 2 is 2.00 bits per heavy atom. The first-order valence-electron chi connectivity index (χ1n) is 6.08. The van der Waals surface area contributed by atoms with Crippen molar-refractivity contribution in [3.05, 3.63) is 33.0 Å². The maximum atomic E-state index is 4.57. The van der Waals surface area contributed by atoms with E-state index in [0.717, 1.165) is 39.1 Å². The molecule has 0 aliphatic carbocycles. The van der Waals surface area contributed by atoms with E-state index in [-0.39, 0.29) is 0 Å². The highest BCUT2D eigenvalue weighted by atomic mass is 79.9. The predicted octanol–water partition coefficient (Wildman–Crippen LogP) is 4.06. The summed E-state index contributed by atoms with van der Waals surface area (Å²) >= 11 is 7.03. The number of pyridine rings is 1. The second-order valence-corrected chi connectivity index (χ2v) is 5.52. The van der Waals surface area contributed by atoms with Gasteiger partial charge in [0, 0.05) is 17.2 Å². The molecule has 0 saturated carbocycles. The number of hydrogen-bond donors (Lipinski definition) is 1. The molecule has 0 saturated heterocycles. The third kappa shape index (κ3) is 3.12. The fraction of sp³-hybridized carbons (Fsp3) is 0.308. The van der Waals surface area contributed by atoms with Crippen LogP contribution in [0.2, 0.25) is 0 Å². The van der Waals surface area contributed by atoms with E-state index in [9.17, 15) is 0 Å². The molecule has 0 fully saturated rings. The second kappa shape index (κ2) is 6.43. The molecule has 2 aromatic heterocycles. The van der Waals surface area contributed by atoms with E-state index in [0.29, 0.717) is 5.82 Å². The normalized spacial score (nSPS) is 10.5. The molecule has 2 heterocycles. The van der Waals surface area contributed by atoms with Crippen molar-refractivity contribution >= 4 is 37.7 Å². The van der Waals surface area contributed by atoms with Crippen molar-refractivity contribution in [3.8, 4) is 11.5 Å². The van der Waals surface area contributed by atoms with Crippen LogP contribution in [0.1, 0.15) is 19.5 Å². The van der Waals surface area contributed by atoms with Gasteiger partial charge in [-0.05, 0) is 57.3 Å². The highest BCUT2D eigenvalue weighted by molar-refractivity contribution is 9.11. The summed E-state index contributed by atoms with van der Waals surface area (Å²) in [6.07, 6.45) is 2.57. The van der Waals surface area contributed by atoms with Crippen LogP contribution in [0.25, 0.3) is 11.5 Å². The first kappa shape index (κ1) is 14.4. The highest BCUT2D eigenvalue weighted by Crippen LogP contribution is 2.29. The van der Waals surface area contributed by atoms with Gasteiger partial charge in [0.05, 0.1) is 10.2 Å². The van der Waals surface area contributed by atoms with Crippen LogP contribution in [0.4, 0.5) is 5.82 Å². The molecule has 0 atom stereocenters. The van der Waals surface area contributed by atoms with Gasteiger partial charge in [0.25, 0.3) is 0 Å². The summed E-state index contributed by atoms with van der Waals surface area (Å²) in [6.45, 7) is 4.91. The lowest BCUT2D eigenvalue weighted by atomic mass is 10.2. The van der Waals surface area contributed by atoms with Crippen molar-refractivity contribution in [2.75, 3.05) is 11.9 Å². The topological polar surface area (TPSA) is 50.7 Å². The van der Waals surface area contributed by atoms with E-state index < -0.39 is 0 Å². The fourth-order valence-electron chi connectivity index (χ4n) is 1.67. The minimum Gasteiger partial charge on any atom is -0.369 e. The van der Waals surface area contributed by atoms with Crippen LogP contribution in [-0.2, 0) is 6.42 Å². The largest absolute Gasteiger partial charge is 0.369 e. The number of aryl methyl sites for hydroxylation is 1. The summed E-state index contributed by atoms with van der Waals surface area (Å²) in [6, 6.07) is 3.81. The molecular weight excluding hydrogens is 372 g/mol. The Labute approximate surface area is 129 Å². The van der Waals surface area contributed by atoms with Gasteiger partial charge in [-0.25, -0.2) is 9.97 Å². The summed E-state index contributed by atoms with van der Waals surface area (Å²) in [7, 11) is 0. The molecule has 100 valence electrons. The smallest absolute Gasteiger partial charge is 0.181 e. The van der Waals surface area contributed by atoms with Gasteiger partial charge in [0.1, 0.15) is 11.5 Å². The van der Waals surface area contributed by atoms with E-state index >= 15 is 0 Å². The zero-order chi connectivity index (χ0) is 13.8. The molecule has 0 aromatic carbocycles. The Morgan fingerprint density at radius 3 is 2.63 bits per heavy atom. The monoisotopic (exact) mass is 384 g/mol. The Hall–Kier alpha value is -1.01. The summed E-state index contributed by atoms with van der Waals surface area (Å²) in [5, 5.41) is 3.24. The minimum atomic E-state index is 0.628. The lowest BCUT2D eigenvalue weighted by Crippen LogP contribution is -2.06. The van der Waals surface area contributed by atoms with Gasteiger partial charge >= 0.3 is 0 Å². The van der Waals surface area contributed by atoms with Gasteiger partial charge in [0.2, 0.25) is 0 Å². The van der Waals surface area contributed by atoms with Gasteiger partial charge < -0.3 is 5.32 Å². The van der Waals surface area contributed by atoms with Crippen LogP contribution in [0.3, 0.4) is 0 Å². The van der Waals surface area contributed by atoms with Crippen LogP contribution in [0.15, 0.2) is 27.3 Å². The molecule has 0 unspecified atom stereocenters. The summed E-state index contributed by atoms with van der Waals surface area (Å²) < 4.78 is 1.81. The first-order valence-corrected chi connectivity index (χ1v) is 7.67. The van der Waals surface area contributed by atoms with Crippen LogP contribution in [0.5, 0.6) is 0 Å². The molecule has 6 heteroatoms. The predicted molar refractivity (Wildman–Crippen MR) is 84.2 cm³/mol. The Balaban J connectivity index is 2.58. The van der Waals surface area contributed by atoms with E-state index in [2.05, 4.69) is 59.1 Å². The molecule has 0 amide bonds. The third-order valence-electron chi connectivity index (χ3n) is 2.57. The van der Waals surface area contributed by atoms with Crippen molar-refractivity contribution < 1.29 is 0 Å². The standard InChI is InChI=1S/C13H14Br2N4/c1-3-9-10(15)12(16-4-2)19-13(18-9)11-8(14)6-5-7-17-11/h5-7H,3-4H2,1-2H3,(H,16,18,19). The summed E-state index contributed by atoms with van der Waals surface area (Å²) in [5.41, 5.74) is 1.72. The number of nitrogens with zero attached hydrogens (tertiary/aromatic N) is 3. The van der Waals surface area contributed by atoms with Gasteiger partial charge in [-0.2, -0.15) is 0 Å².